The van der Waals surface area contributed by atoms with Crippen LogP contribution in [0.15, 0.2) is 72.8 Å². The Morgan fingerprint density at radius 2 is 1.63 bits per heavy atom. The third-order valence-electron chi connectivity index (χ3n) is 5.58. The van der Waals surface area contributed by atoms with Crippen LogP contribution < -0.4 is 21.3 Å². The van der Waals surface area contributed by atoms with Crippen molar-refractivity contribution in [3.05, 3.63) is 89.5 Å². The molecule has 0 saturated heterocycles. The van der Waals surface area contributed by atoms with E-state index in [1.165, 1.54) is 0 Å². The summed E-state index contributed by atoms with van der Waals surface area (Å²) in [6, 6.07) is 22.9. The fourth-order valence-corrected chi connectivity index (χ4v) is 5.64. The van der Waals surface area contributed by atoms with Crippen LogP contribution in [0.5, 0.6) is 0 Å². The number of carbonyl (C=O) groups excluding carboxylic acids is 1. The number of rotatable bonds is 10. The van der Waals surface area contributed by atoms with E-state index in [0.29, 0.717) is 27.8 Å². The fourth-order valence-electron chi connectivity index (χ4n) is 4.04. The summed E-state index contributed by atoms with van der Waals surface area (Å²) >= 11 is 0. The summed E-state index contributed by atoms with van der Waals surface area (Å²) in [5.41, 5.74) is 5.27. The van der Waals surface area contributed by atoms with Crippen LogP contribution in [-0.2, 0) is 25.0 Å². The van der Waals surface area contributed by atoms with Crippen molar-refractivity contribution in [3.63, 3.8) is 0 Å². The van der Waals surface area contributed by atoms with Gasteiger partial charge >= 0.3 is 7.60 Å². The van der Waals surface area contributed by atoms with Gasteiger partial charge in [-0.25, -0.2) is 0 Å². The maximum absolute atomic E-state index is 13.4. The largest absolute Gasteiger partial charge is 0.361 e. The predicted octanol–water partition coefficient (Wildman–Crippen LogP) is 5.23. The molecule has 3 N–H and O–H groups in total. The molecule has 0 spiro atoms. The SMILES string of the molecule is CCOP(=O)(OCC)c1ccc2c(c1)C(=C(Nc1ccc(CNC)cc1)c1ccccc1)C(=O)N2. The van der Waals surface area contributed by atoms with E-state index in [0.717, 1.165) is 23.4 Å². The van der Waals surface area contributed by atoms with Gasteiger partial charge in [0.2, 0.25) is 0 Å². The van der Waals surface area contributed by atoms with Crippen LogP contribution >= 0.6 is 7.60 Å². The van der Waals surface area contributed by atoms with Crippen molar-refractivity contribution < 1.29 is 18.4 Å². The Labute approximate surface area is 206 Å². The predicted molar refractivity (Wildman–Crippen MR) is 142 cm³/mol. The van der Waals surface area contributed by atoms with Gasteiger partial charge in [0.1, 0.15) is 0 Å². The summed E-state index contributed by atoms with van der Waals surface area (Å²) in [6.45, 7) is 4.80. The van der Waals surface area contributed by atoms with Crippen molar-refractivity contribution in [3.8, 4) is 0 Å². The van der Waals surface area contributed by atoms with Crippen molar-refractivity contribution in [1.29, 1.82) is 0 Å². The van der Waals surface area contributed by atoms with Gasteiger partial charge in [-0.15, -0.1) is 0 Å². The molecule has 1 amide bonds. The van der Waals surface area contributed by atoms with Gasteiger partial charge < -0.3 is 25.0 Å². The molecule has 0 radical (unpaired) electrons. The lowest BCUT2D eigenvalue weighted by Crippen LogP contribution is -2.12. The molecule has 3 aromatic carbocycles. The molecule has 0 saturated carbocycles. The number of carbonyl (C=O) groups is 1. The molecule has 0 unspecified atom stereocenters. The Bertz CT molecular complexity index is 1260. The van der Waals surface area contributed by atoms with Crippen LogP contribution in [0.1, 0.15) is 30.5 Å². The minimum absolute atomic E-state index is 0.238. The highest BCUT2D eigenvalue weighted by Crippen LogP contribution is 2.48. The van der Waals surface area contributed by atoms with Gasteiger partial charge in [0.25, 0.3) is 5.91 Å². The first-order valence-electron chi connectivity index (χ1n) is 11.6. The van der Waals surface area contributed by atoms with Gasteiger partial charge in [-0.2, -0.15) is 0 Å². The zero-order valence-corrected chi connectivity index (χ0v) is 21.0. The molecule has 1 aliphatic rings. The summed E-state index contributed by atoms with van der Waals surface area (Å²) in [5.74, 6) is -0.238. The molecule has 1 aliphatic heterocycles. The quantitative estimate of drug-likeness (QED) is 0.266. The van der Waals surface area contributed by atoms with Gasteiger partial charge in [0.15, 0.2) is 0 Å². The zero-order chi connectivity index (χ0) is 24.8. The smallest absolute Gasteiger partial charge is 0.354 e. The number of hydrogen-bond donors (Lipinski definition) is 3. The number of fused-ring (bicyclic) bond motifs is 1. The zero-order valence-electron chi connectivity index (χ0n) is 20.1. The summed E-state index contributed by atoms with van der Waals surface area (Å²) in [6.07, 6.45) is 0. The van der Waals surface area contributed by atoms with E-state index in [1.807, 2.05) is 61.6 Å². The molecule has 35 heavy (non-hydrogen) atoms. The van der Waals surface area contributed by atoms with Crippen LogP contribution in [0.2, 0.25) is 0 Å². The van der Waals surface area contributed by atoms with Crippen molar-refractivity contribution in [1.82, 2.24) is 5.32 Å². The van der Waals surface area contributed by atoms with E-state index in [9.17, 15) is 9.36 Å². The Kier molecular flexibility index (Phi) is 7.83. The number of anilines is 2. The first-order chi connectivity index (χ1) is 17.0. The van der Waals surface area contributed by atoms with Crippen LogP contribution in [0.25, 0.3) is 11.3 Å². The lowest BCUT2D eigenvalue weighted by atomic mass is 10.00. The molecule has 4 rings (SSSR count). The fraction of sp³-hybridized carbons (Fsp3) is 0.222. The number of nitrogens with one attached hydrogen (secondary N) is 3. The average Bonchev–Trinajstić information content (AvgIpc) is 3.19. The van der Waals surface area contributed by atoms with E-state index in [2.05, 4.69) is 16.0 Å². The van der Waals surface area contributed by atoms with Crippen LogP contribution in [0.4, 0.5) is 11.4 Å². The first-order valence-corrected chi connectivity index (χ1v) is 13.2. The lowest BCUT2D eigenvalue weighted by molar-refractivity contribution is -0.110. The normalized spacial score (nSPS) is 14.4. The van der Waals surface area contributed by atoms with Gasteiger partial charge in [0.05, 0.1) is 29.8 Å². The summed E-state index contributed by atoms with van der Waals surface area (Å²) in [5, 5.41) is 9.94. The first kappa shape index (κ1) is 24.9. The second-order valence-corrected chi connectivity index (χ2v) is 10.0. The highest BCUT2D eigenvalue weighted by atomic mass is 31.2. The summed E-state index contributed by atoms with van der Waals surface area (Å²) in [7, 11) is -1.61. The Balaban J connectivity index is 1.84. The average molecular weight is 492 g/mol. The second-order valence-electron chi connectivity index (χ2n) is 7.99. The van der Waals surface area contributed by atoms with Gasteiger partial charge in [-0.05, 0) is 62.4 Å². The molecule has 182 valence electrons. The van der Waals surface area contributed by atoms with E-state index < -0.39 is 7.60 Å². The van der Waals surface area contributed by atoms with Gasteiger partial charge in [-0.3, -0.25) is 9.36 Å². The molecule has 0 aromatic heterocycles. The Morgan fingerprint density at radius 3 is 2.26 bits per heavy atom. The third kappa shape index (κ3) is 5.39. The topological polar surface area (TPSA) is 88.7 Å². The van der Waals surface area contributed by atoms with Gasteiger partial charge in [-0.1, -0.05) is 42.5 Å². The minimum Gasteiger partial charge on any atom is -0.354 e. The van der Waals surface area contributed by atoms with E-state index >= 15 is 0 Å². The molecule has 0 bridgehead atoms. The standard InChI is InChI=1S/C27H30N3O4P/c1-4-33-35(32,34-5-2)22-15-16-24-23(17-22)25(27(31)30-24)26(20-9-7-6-8-10-20)29-21-13-11-19(12-14-21)18-28-3/h6-17,28-29H,4-5,18H2,1-3H3,(H,30,31). The molecular formula is C27H30N3O4P. The van der Waals surface area contributed by atoms with Crippen molar-refractivity contribution >= 4 is 41.5 Å². The minimum atomic E-state index is -3.52. The maximum atomic E-state index is 13.4. The molecule has 0 fully saturated rings. The van der Waals surface area contributed by atoms with Crippen molar-refractivity contribution in [2.45, 2.75) is 20.4 Å². The number of hydrogen-bond acceptors (Lipinski definition) is 6. The molecule has 7 nitrogen and oxygen atoms in total. The maximum Gasteiger partial charge on any atom is 0.361 e. The van der Waals surface area contributed by atoms with Crippen LogP contribution in [0, 0.1) is 0 Å². The van der Waals surface area contributed by atoms with E-state index in [4.69, 9.17) is 9.05 Å². The molecular weight excluding hydrogens is 461 g/mol. The third-order valence-corrected chi connectivity index (χ3v) is 7.69. The summed E-state index contributed by atoms with van der Waals surface area (Å²) in [4.78, 5) is 13.2. The lowest BCUT2D eigenvalue weighted by Gasteiger charge is -2.18. The highest BCUT2D eigenvalue weighted by Gasteiger charge is 2.33. The molecule has 8 heteroatoms. The Morgan fingerprint density at radius 1 is 0.943 bits per heavy atom. The Hall–Kier alpha value is -3.22. The molecule has 1 heterocycles. The second kappa shape index (κ2) is 11.0. The monoisotopic (exact) mass is 491 g/mol. The number of amides is 1. The molecule has 3 aromatic rings. The summed E-state index contributed by atoms with van der Waals surface area (Å²) < 4.78 is 24.5. The van der Waals surface area contributed by atoms with E-state index in [-0.39, 0.29) is 19.1 Å². The van der Waals surface area contributed by atoms with Crippen LogP contribution in [0.3, 0.4) is 0 Å². The van der Waals surface area contributed by atoms with Crippen molar-refractivity contribution in [2.75, 3.05) is 30.9 Å². The highest BCUT2D eigenvalue weighted by molar-refractivity contribution is 7.62. The van der Waals surface area contributed by atoms with Gasteiger partial charge in [0, 0.05) is 23.5 Å². The molecule has 0 aliphatic carbocycles. The van der Waals surface area contributed by atoms with E-state index in [1.54, 1.807) is 32.0 Å². The molecule has 0 atom stereocenters. The number of benzene rings is 3. The van der Waals surface area contributed by atoms with Crippen LogP contribution in [-0.4, -0.2) is 26.2 Å². The van der Waals surface area contributed by atoms with Crippen molar-refractivity contribution in [2.24, 2.45) is 0 Å².